The molecule has 0 spiro atoms. The predicted octanol–water partition coefficient (Wildman–Crippen LogP) is 3.70. The molecule has 0 aromatic heterocycles. The molecule has 0 bridgehead atoms. The molecule has 0 unspecified atom stereocenters. The summed E-state index contributed by atoms with van der Waals surface area (Å²) in [5, 5.41) is 2.42. The van der Waals surface area contributed by atoms with Crippen molar-refractivity contribution in [1.29, 1.82) is 0 Å². The first-order chi connectivity index (χ1) is 5.79. The maximum Gasteiger partial charge on any atom is 0.0484 e. The van der Waals surface area contributed by atoms with Crippen molar-refractivity contribution in [2.75, 3.05) is 0 Å². The molecule has 0 nitrogen and oxygen atoms in total. The summed E-state index contributed by atoms with van der Waals surface area (Å²) in [4.78, 5) is 0.980. The molecule has 1 heteroatoms. The lowest BCUT2D eigenvalue weighted by molar-refractivity contribution is 1.36. The van der Waals surface area contributed by atoms with Gasteiger partial charge in [-0.1, -0.05) is 49.0 Å². The van der Waals surface area contributed by atoms with Crippen LogP contribution in [0.25, 0.3) is 10.8 Å². The second-order valence-corrected chi connectivity index (χ2v) is 3.34. The molecule has 0 heterocycles. The number of hydrogen-bond acceptors (Lipinski definition) is 0. The van der Waals surface area contributed by atoms with Gasteiger partial charge in [0.25, 0.3) is 0 Å². The number of aryl methyl sites for hydroxylation is 1. The molecule has 0 saturated carbocycles. The van der Waals surface area contributed by atoms with Crippen LogP contribution in [-0.4, -0.2) is 0 Å². The zero-order valence-corrected chi connectivity index (χ0v) is 7.69. The maximum absolute atomic E-state index is 5.29. The van der Waals surface area contributed by atoms with Crippen LogP contribution in [0.5, 0.6) is 0 Å². The van der Waals surface area contributed by atoms with Gasteiger partial charge in [-0.05, 0) is 23.3 Å². The van der Waals surface area contributed by atoms with Gasteiger partial charge in [-0.2, -0.15) is 0 Å². The van der Waals surface area contributed by atoms with Gasteiger partial charge in [-0.15, -0.1) is 0 Å². The first kappa shape index (κ1) is 7.56. The number of hydrogen-bond donors (Lipinski definition) is 0. The van der Waals surface area contributed by atoms with Crippen LogP contribution in [0.1, 0.15) is 5.56 Å². The molecule has 2 aromatic carbocycles. The summed E-state index contributed by atoms with van der Waals surface area (Å²) < 4.78 is 0. The summed E-state index contributed by atoms with van der Waals surface area (Å²) in [5.74, 6) is 0. The third-order valence-electron chi connectivity index (χ3n) is 2.08. The van der Waals surface area contributed by atoms with E-state index in [-0.39, 0.29) is 0 Å². The van der Waals surface area contributed by atoms with Crippen LogP contribution >= 0.6 is 12.6 Å². The monoisotopic (exact) mass is 173 g/mol. The number of rotatable bonds is 0. The summed E-state index contributed by atoms with van der Waals surface area (Å²) >= 11 is 5.29. The van der Waals surface area contributed by atoms with E-state index in [1.807, 2.05) is 12.1 Å². The van der Waals surface area contributed by atoms with E-state index < -0.39 is 0 Å². The lowest BCUT2D eigenvalue weighted by atomic mass is 10.1. The summed E-state index contributed by atoms with van der Waals surface area (Å²) in [6.45, 7) is 2.05. The summed E-state index contributed by atoms with van der Waals surface area (Å²) in [6, 6.07) is 12.4. The van der Waals surface area contributed by atoms with Crippen molar-refractivity contribution in [2.45, 2.75) is 11.8 Å². The lowest BCUT2D eigenvalue weighted by Gasteiger charge is -2.02. The van der Waals surface area contributed by atoms with Gasteiger partial charge in [-0.25, -0.2) is 0 Å². The second-order valence-electron chi connectivity index (χ2n) is 2.93. The van der Waals surface area contributed by atoms with E-state index in [1.54, 1.807) is 0 Å². The van der Waals surface area contributed by atoms with E-state index >= 15 is 0 Å². The van der Waals surface area contributed by atoms with Crippen molar-refractivity contribution in [3.05, 3.63) is 42.0 Å². The molecular formula is C11H9S. The molecule has 0 aliphatic carbocycles. The third-order valence-corrected chi connectivity index (χ3v) is 2.62. The fraction of sp³-hybridized carbons (Fsp3) is 0.0909. The zero-order valence-electron chi connectivity index (χ0n) is 6.87. The van der Waals surface area contributed by atoms with Gasteiger partial charge in [0.15, 0.2) is 0 Å². The van der Waals surface area contributed by atoms with Gasteiger partial charge in [0.2, 0.25) is 0 Å². The molecule has 0 N–H and O–H groups in total. The fourth-order valence-corrected chi connectivity index (χ4v) is 1.61. The van der Waals surface area contributed by atoms with Crippen LogP contribution in [0.4, 0.5) is 0 Å². The highest BCUT2D eigenvalue weighted by molar-refractivity contribution is 7.80. The Bertz CT molecular complexity index is 418. The molecule has 0 aliphatic heterocycles. The summed E-state index contributed by atoms with van der Waals surface area (Å²) in [7, 11) is 0. The van der Waals surface area contributed by atoms with Crippen LogP contribution in [-0.2, 0) is 0 Å². The Morgan fingerprint density at radius 2 is 1.75 bits per heavy atom. The fourth-order valence-electron chi connectivity index (χ4n) is 1.35. The van der Waals surface area contributed by atoms with Gasteiger partial charge >= 0.3 is 0 Å². The first-order valence-corrected chi connectivity index (χ1v) is 4.35. The standard InChI is InChI=1S/C11H9S/c1-8-6-7-9-4-2-3-5-10(9)11(8)12/h2-7H,1H3. The van der Waals surface area contributed by atoms with E-state index in [0.717, 1.165) is 4.90 Å². The quantitative estimate of drug-likeness (QED) is 0.569. The Hall–Kier alpha value is -1.08. The average molecular weight is 173 g/mol. The van der Waals surface area contributed by atoms with Crippen molar-refractivity contribution >= 4 is 23.4 Å². The third kappa shape index (κ3) is 1.07. The second kappa shape index (κ2) is 2.76. The van der Waals surface area contributed by atoms with Gasteiger partial charge < -0.3 is 0 Å². The van der Waals surface area contributed by atoms with Gasteiger partial charge in [0, 0.05) is 4.90 Å². The van der Waals surface area contributed by atoms with Gasteiger partial charge in [-0.3, -0.25) is 0 Å². The van der Waals surface area contributed by atoms with E-state index in [1.165, 1.54) is 16.3 Å². The molecular weight excluding hydrogens is 164 g/mol. The topological polar surface area (TPSA) is 0 Å². The molecule has 59 valence electrons. The zero-order chi connectivity index (χ0) is 8.55. The Morgan fingerprint density at radius 1 is 1.00 bits per heavy atom. The Kier molecular flexibility index (Phi) is 1.74. The van der Waals surface area contributed by atoms with Crippen molar-refractivity contribution in [1.82, 2.24) is 0 Å². The van der Waals surface area contributed by atoms with Gasteiger partial charge in [0.1, 0.15) is 0 Å². The highest BCUT2D eigenvalue weighted by Crippen LogP contribution is 2.24. The molecule has 1 radical (unpaired) electrons. The molecule has 2 rings (SSSR count). The van der Waals surface area contributed by atoms with Gasteiger partial charge in [0.05, 0.1) is 0 Å². The largest absolute Gasteiger partial charge is 0.0791 e. The van der Waals surface area contributed by atoms with Crippen LogP contribution in [0.3, 0.4) is 0 Å². The van der Waals surface area contributed by atoms with E-state index in [9.17, 15) is 0 Å². The Balaban J connectivity index is 2.91. The SMILES string of the molecule is Cc1ccc2ccccc2c1[S]. The van der Waals surface area contributed by atoms with Crippen molar-refractivity contribution in [3.8, 4) is 0 Å². The molecule has 0 saturated heterocycles. The highest BCUT2D eigenvalue weighted by Gasteiger charge is 1.99. The minimum atomic E-state index is 0.980. The minimum absolute atomic E-state index is 0.980. The van der Waals surface area contributed by atoms with Crippen molar-refractivity contribution in [2.24, 2.45) is 0 Å². The molecule has 0 fully saturated rings. The molecule has 0 aliphatic rings. The van der Waals surface area contributed by atoms with Crippen LogP contribution < -0.4 is 0 Å². The number of fused-ring (bicyclic) bond motifs is 1. The lowest BCUT2D eigenvalue weighted by Crippen LogP contribution is -1.78. The molecule has 12 heavy (non-hydrogen) atoms. The van der Waals surface area contributed by atoms with Crippen molar-refractivity contribution in [3.63, 3.8) is 0 Å². The van der Waals surface area contributed by atoms with Crippen molar-refractivity contribution < 1.29 is 0 Å². The summed E-state index contributed by atoms with van der Waals surface area (Å²) in [6.07, 6.45) is 0. The van der Waals surface area contributed by atoms with E-state index in [4.69, 9.17) is 12.6 Å². The minimum Gasteiger partial charge on any atom is -0.0791 e. The molecule has 0 atom stereocenters. The smallest absolute Gasteiger partial charge is 0.0484 e. The normalized spacial score (nSPS) is 10.4. The van der Waals surface area contributed by atoms with Crippen LogP contribution in [0.15, 0.2) is 41.3 Å². The average Bonchev–Trinajstić information content (AvgIpc) is 2.12. The van der Waals surface area contributed by atoms with Crippen LogP contribution in [0.2, 0.25) is 0 Å². The van der Waals surface area contributed by atoms with E-state index in [2.05, 4.69) is 31.2 Å². The predicted molar refractivity (Wildman–Crippen MR) is 54.5 cm³/mol. The Morgan fingerprint density at radius 3 is 2.58 bits per heavy atom. The first-order valence-electron chi connectivity index (χ1n) is 3.94. The Labute approximate surface area is 77.6 Å². The molecule has 2 aromatic rings. The summed E-state index contributed by atoms with van der Waals surface area (Å²) in [5.41, 5.74) is 1.18. The molecule has 0 amide bonds. The number of benzene rings is 2. The highest BCUT2D eigenvalue weighted by atomic mass is 32.1. The van der Waals surface area contributed by atoms with E-state index in [0.29, 0.717) is 0 Å². The van der Waals surface area contributed by atoms with Crippen LogP contribution in [0, 0.1) is 6.92 Å². The maximum atomic E-state index is 5.29.